The first-order valence-corrected chi connectivity index (χ1v) is 7.46. The number of piperidine rings is 1. The highest BCUT2D eigenvalue weighted by molar-refractivity contribution is 6.30. The highest BCUT2D eigenvalue weighted by Gasteiger charge is 2.29. The zero-order chi connectivity index (χ0) is 15.2. The third-order valence-electron chi connectivity index (χ3n) is 3.61. The number of nitrogens with zero attached hydrogens (tertiary/aromatic N) is 1. The van der Waals surface area contributed by atoms with E-state index in [4.69, 9.17) is 16.7 Å². The maximum Gasteiger partial charge on any atom is 0.305 e. The number of halogens is 1. The summed E-state index contributed by atoms with van der Waals surface area (Å²) < 4.78 is 0. The number of carboxylic acid groups (broad SMARTS) is 1. The lowest BCUT2D eigenvalue weighted by Gasteiger charge is -2.32. The van der Waals surface area contributed by atoms with Crippen LogP contribution in [0.5, 0.6) is 0 Å². The minimum Gasteiger partial charge on any atom is -0.481 e. The van der Waals surface area contributed by atoms with Gasteiger partial charge in [0.05, 0.1) is 6.42 Å². The van der Waals surface area contributed by atoms with Gasteiger partial charge < -0.3 is 10.4 Å². The number of hydrogen-bond acceptors (Lipinski definition) is 3. The molecule has 1 aromatic carbocycles. The molecule has 2 N–H and O–H groups in total. The second kappa shape index (κ2) is 7.43. The van der Waals surface area contributed by atoms with Crippen molar-refractivity contribution >= 4 is 29.2 Å². The Morgan fingerprint density at radius 1 is 1.19 bits per heavy atom. The lowest BCUT2D eigenvalue weighted by atomic mass is 10.1. The van der Waals surface area contributed by atoms with Gasteiger partial charge in [-0.15, -0.1) is 0 Å². The van der Waals surface area contributed by atoms with Gasteiger partial charge in [-0.1, -0.05) is 18.0 Å². The molecule has 0 saturated carbocycles. The molecule has 1 aliphatic heterocycles. The van der Waals surface area contributed by atoms with Crippen LogP contribution in [0.2, 0.25) is 5.02 Å². The first-order valence-electron chi connectivity index (χ1n) is 7.08. The molecule has 1 amide bonds. The van der Waals surface area contributed by atoms with Gasteiger partial charge in [0, 0.05) is 10.7 Å². The van der Waals surface area contributed by atoms with Crippen LogP contribution < -0.4 is 5.32 Å². The van der Waals surface area contributed by atoms with Crippen molar-refractivity contribution in [3.05, 3.63) is 29.3 Å². The first-order chi connectivity index (χ1) is 10.1. The molecule has 0 radical (unpaired) electrons. The lowest BCUT2D eigenvalue weighted by Crippen LogP contribution is -2.47. The van der Waals surface area contributed by atoms with Crippen molar-refractivity contribution in [3.63, 3.8) is 0 Å². The van der Waals surface area contributed by atoms with Gasteiger partial charge in [0.2, 0.25) is 5.91 Å². The number of nitrogens with one attached hydrogen (secondary N) is 1. The topological polar surface area (TPSA) is 69.6 Å². The number of anilines is 1. The van der Waals surface area contributed by atoms with Crippen LogP contribution >= 0.6 is 11.6 Å². The highest BCUT2D eigenvalue weighted by atomic mass is 35.5. The fraction of sp³-hybridized carbons (Fsp3) is 0.467. The van der Waals surface area contributed by atoms with E-state index >= 15 is 0 Å². The normalized spacial score (nSPS) is 17.2. The third-order valence-corrected chi connectivity index (χ3v) is 3.87. The molecule has 2 rings (SSSR count). The predicted molar refractivity (Wildman–Crippen MR) is 81.5 cm³/mol. The molecule has 1 aromatic rings. The number of benzene rings is 1. The molecule has 1 aliphatic rings. The molecule has 0 bridgehead atoms. The Balaban J connectivity index is 2.05. The van der Waals surface area contributed by atoms with Gasteiger partial charge >= 0.3 is 5.97 Å². The maximum atomic E-state index is 12.4. The minimum atomic E-state index is -0.961. The molecule has 1 atom stereocenters. The van der Waals surface area contributed by atoms with Crippen molar-refractivity contribution in [2.24, 2.45) is 0 Å². The Hall–Kier alpha value is -1.59. The van der Waals surface area contributed by atoms with Crippen LogP contribution in [0.1, 0.15) is 25.7 Å². The van der Waals surface area contributed by atoms with Gasteiger partial charge in [0.25, 0.3) is 0 Å². The van der Waals surface area contributed by atoms with E-state index in [1.165, 1.54) is 0 Å². The summed E-state index contributed by atoms with van der Waals surface area (Å²) in [6, 6.07) is 6.15. The van der Waals surface area contributed by atoms with Gasteiger partial charge in [-0.25, -0.2) is 0 Å². The molecule has 0 aliphatic carbocycles. The molecule has 21 heavy (non-hydrogen) atoms. The molecular weight excluding hydrogens is 292 g/mol. The number of carboxylic acids is 1. The number of likely N-dealkylation sites (tertiary alicyclic amines) is 1. The molecule has 0 aromatic heterocycles. The van der Waals surface area contributed by atoms with E-state index in [9.17, 15) is 9.59 Å². The van der Waals surface area contributed by atoms with Crippen LogP contribution in [0.4, 0.5) is 5.69 Å². The zero-order valence-corrected chi connectivity index (χ0v) is 12.5. The van der Waals surface area contributed by atoms with E-state index < -0.39 is 12.0 Å². The SMILES string of the molecule is O=C(O)CC(C(=O)Nc1ccc(Cl)cc1)N1CCCCC1. The quantitative estimate of drug-likeness (QED) is 0.877. The Morgan fingerprint density at radius 3 is 2.38 bits per heavy atom. The van der Waals surface area contributed by atoms with Crippen LogP contribution in [0.25, 0.3) is 0 Å². The number of amides is 1. The van der Waals surface area contributed by atoms with Crippen molar-refractivity contribution in [2.45, 2.75) is 31.7 Å². The number of aliphatic carboxylic acids is 1. The number of carbonyl (C=O) groups excluding carboxylic acids is 1. The second-order valence-electron chi connectivity index (χ2n) is 5.21. The van der Waals surface area contributed by atoms with Crippen molar-refractivity contribution in [3.8, 4) is 0 Å². The summed E-state index contributed by atoms with van der Waals surface area (Å²) in [4.78, 5) is 25.4. The summed E-state index contributed by atoms with van der Waals surface area (Å²) in [5, 5.41) is 12.4. The Labute approximate surface area is 128 Å². The molecular formula is C15H19ClN2O3. The average Bonchev–Trinajstić information content (AvgIpc) is 2.48. The van der Waals surface area contributed by atoms with Crippen LogP contribution in [0.15, 0.2) is 24.3 Å². The van der Waals surface area contributed by atoms with E-state index in [-0.39, 0.29) is 12.3 Å². The molecule has 1 fully saturated rings. The van der Waals surface area contributed by atoms with E-state index in [2.05, 4.69) is 5.32 Å². The summed E-state index contributed by atoms with van der Waals surface area (Å²) in [7, 11) is 0. The summed E-state index contributed by atoms with van der Waals surface area (Å²) >= 11 is 5.80. The van der Waals surface area contributed by atoms with Crippen molar-refractivity contribution in [1.29, 1.82) is 0 Å². The van der Waals surface area contributed by atoms with E-state index in [1.54, 1.807) is 24.3 Å². The maximum absolute atomic E-state index is 12.4. The Kier molecular flexibility index (Phi) is 5.59. The third kappa shape index (κ3) is 4.72. The molecule has 6 heteroatoms. The highest BCUT2D eigenvalue weighted by Crippen LogP contribution is 2.18. The Bertz CT molecular complexity index is 498. The van der Waals surface area contributed by atoms with Crippen molar-refractivity contribution < 1.29 is 14.7 Å². The van der Waals surface area contributed by atoms with E-state index in [0.717, 1.165) is 32.4 Å². The second-order valence-corrected chi connectivity index (χ2v) is 5.64. The summed E-state index contributed by atoms with van der Waals surface area (Å²) in [6.45, 7) is 1.54. The smallest absolute Gasteiger partial charge is 0.305 e. The molecule has 5 nitrogen and oxygen atoms in total. The molecule has 1 unspecified atom stereocenters. The van der Waals surface area contributed by atoms with Crippen LogP contribution in [-0.4, -0.2) is 41.0 Å². The Morgan fingerprint density at radius 2 is 1.81 bits per heavy atom. The van der Waals surface area contributed by atoms with Crippen LogP contribution in [0.3, 0.4) is 0 Å². The molecule has 0 spiro atoms. The summed E-state index contributed by atoms with van der Waals surface area (Å²) in [5.74, 6) is -1.24. The molecule has 1 heterocycles. The van der Waals surface area contributed by atoms with Crippen LogP contribution in [0, 0.1) is 0 Å². The minimum absolute atomic E-state index is 0.181. The number of hydrogen-bond donors (Lipinski definition) is 2. The van der Waals surface area contributed by atoms with Crippen molar-refractivity contribution in [1.82, 2.24) is 4.90 Å². The molecule has 114 valence electrons. The van der Waals surface area contributed by atoms with Gasteiger partial charge in [0.15, 0.2) is 0 Å². The van der Waals surface area contributed by atoms with Gasteiger partial charge in [-0.3, -0.25) is 14.5 Å². The monoisotopic (exact) mass is 310 g/mol. The molecule has 1 saturated heterocycles. The summed E-state index contributed by atoms with van der Waals surface area (Å²) in [5.41, 5.74) is 0.622. The van der Waals surface area contributed by atoms with E-state index in [0.29, 0.717) is 10.7 Å². The van der Waals surface area contributed by atoms with E-state index in [1.807, 2.05) is 4.90 Å². The van der Waals surface area contributed by atoms with Crippen molar-refractivity contribution in [2.75, 3.05) is 18.4 Å². The largest absolute Gasteiger partial charge is 0.481 e. The average molecular weight is 311 g/mol. The van der Waals surface area contributed by atoms with Gasteiger partial charge in [-0.05, 0) is 50.2 Å². The van der Waals surface area contributed by atoms with Crippen LogP contribution in [-0.2, 0) is 9.59 Å². The fourth-order valence-corrected chi connectivity index (χ4v) is 2.67. The predicted octanol–water partition coefficient (Wildman–Crippen LogP) is 2.61. The fourth-order valence-electron chi connectivity index (χ4n) is 2.54. The number of carbonyl (C=O) groups is 2. The standard InChI is InChI=1S/C15H19ClN2O3/c16-11-4-6-12(7-5-11)17-15(21)13(10-14(19)20)18-8-2-1-3-9-18/h4-7,13H,1-3,8-10H2,(H,17,21)(H,19,20). The summed E-state index contributed by atoms with van der Waals surface area (Å²) in [6.07, 6.45) is 2.96. The first kappa shape index (κ1) is 15.8. The number of rotatable bonds is 5. The van der Waals surface area contributed by atoms with Gasteiger partial charge in [0.1, 0.15) is 6.04 Å². The zero-order valence-electron chi connectivity index (χ0n) is 11.7. The van der Waals surface area contributed by atoms with Gasteiger partial charge in [-0.2, -0.15) is 0 Å². The lowest BCUT2D eigenvalue weighted by molar-refractivity contribution is -0.141.